The van der Waals surface area contributed by atoms with E-state index in [1.54, 1.807) is 19.1 Å². The SMILES string of the molecule is COCC1(CN(C)c2cc(-c3cc(C(F)(F)F)cc(C(F)(F)F)c3)nc(N)c2N)CCCC1. The second-order valence-electron chi connectivity index (χ2n) is 8.62. The zero-order valence-corrected chi connectivity index (χ0v) is 18.3. The highest BCUT2D eigenvalue weighted by molar-refractivity contribution is 5.82. The molecule has 0 unspecified atom stereocenters. The van der Waals surface area contributed by atoms with E-state index in [9.17, 15) is 26.3 Å². The van der Waals surface area contributed by atoms with Crippen molar-refractivity contribution in [2.24, 2.45) is 5.41 Å². The average Bonchev–Trinajstić information content (AvgIpc) is 3.16. The van der Waals surface area contributed by atoms with Crippen LogP contribution in [0.5, 0.6) is 0 Å². The van der Waals surface area contributed by atoms with Gasteiger partial charge in [-0.25, -0.2) is 4.98 Å². The minimum Gasteiger partial charge on any atom is -0.394 e. The Hall–Kier alpha value is -2.69. The molecule has 11 heteroatoms. The molecule has 1 heterocycles. The summed E-state index contributed by atoms with van der Waals surface area (Å²) >= 11 is 0. The summed E-state index contributed by atoms with van der Waals surface area (Å²) in [4.78, 5) is 5.79. The van der Waals surface area contributed by atoms with Crippen molar-refractivity contribution in [2.45, 2.75) is 38.0 Å². The van der Waals surface area contributed by atoms with Crippen LogP contribution in [0.2, 0.25) is 0 Å². The fourth-order valence-corrected chi connectivity index (χ4v) is 4.49. The van der Waals surface area contributed by atoms with Crippen molar-refractivity contribution < 1.29 is 31.1 Å². The Morgan fingerprint density at radius 2 is 1.52 bits per heavy atom. The molecule has 182 valence electrons. The number of halogens is 6. The second kappa shape index (κ2) is 8.92. The Bertz CT molecular complexity index is 967. The lowest BCUT2D eigenvalue weighted by Crippen LogP contribution is -2.37. The van der Waals surface area contributed by atoms with Crippen LogP contribution < -0.4 is 16.4 Å². The maximum Gasteiger partial charge on any atom is 0.416 e. The molecule has 1 fully saturated rings. The number of alkyl halides is 6. The van der Waals surface area contributed by atoms with Crippen molar-refractivity contribution >= 4 is 17.2 Å². The number of benzene rings is 1. The number of hydrogen-bond donors (Lipinski definition) is 2. The molecule has 5 nitrogen and oxygen atoms in total. The number of rotatable bonds is 6. The Morgan fingerprint density at radius 3 is 2.00 bits per heavy atom. The summed E-state index contributed by atoms with van der Waals surface area (Å²) in [7, 11) is 3.36. The maximum absolute atomic E-state index is 13.3. The molecule has 2 aromatic rings. The van der Waals surface area contributed by atoms with Crippen LogP contribution in [0.3, 0.4) is 0 Å². The summed E-state index contributed by atoms with van der Waals surface area (Å²) in [6.07, 6.45) is -5.99. The number of hydrogen-bond acceptors (Lipinski definition) is 5. The van der Waals surface area contributed by atoms with Crippen molar-refractivity contribution in [2.75, 3.05) is 43.7 Å². The molecule has 33 heavy (non-hydrogen) atoms. The first kappa shape index (κ1) is 24.9. The third kappa shape index (κ3) is 5.45. The third-order valence-electron chi connectivity index (χ3n) is 6.05. The number of pyridine rings is 1. The van der Waals surface area contributed by atoms with Gasteiger partial charge in [0.25, 0.3) is 0 Å². The summed E-state index contributed by atoms with van der Waals surface area (Å²) in [6, 6.07) is 2.70. The van der Waals surface area contributed by atoms with Gasteiger partial charge in [0.05, 0.1) is 34.8 Å². The van der Waals surface area contributed by atoms with Gasteiger partial charge in [-0.1, -0.05) is 12.8 Å². The van der Waals surface area contributed by atoms with Gasteiger partial charge in [0, 0.05) is 31.7 Å². The number of nitrogen functional groups attached to an aromatic ring is 2. The zero-order chi connectivity index (χ0) is 24.6. The predicted octanol–water partition coefficient (Wildman–Crippen LogP) is 5.59. The summed E-state index contributed by atoms with van der Waals surface area (Å²) in [5.41, 5.74) is 9.03. The molecule has 1 aliphatic rings. The molecule has 0 atom stereocenters. The van der Waals surface area contributed by atoms with E-state index in [4.69, 9.17) is 16.2 Å². The average molecular weight is 476 g/mol. The van der Waals surface area contributed by atoms with Gasteiger partial charge < -0.3 is 21.1 Å². The molecule has 0 spiro atoms. The standard InChI is InChI=1S/C22H26F6N4O/c1-32(11-20(12-33-2)5-3-4-6-20)17-10-16(31-19(30)18(17)29)13-7-14(21(23,24)25)9-15(8-13)22(26,27)28/h7-10H,3-6,11-12,29H2,1-2H3,(H2,30,31). The quantitative estimate of drug-likeness (QED) is 0.532. The first-order valence-electron chi connectivity index (χ1n) is 10.3. The van der Waals surface area contributed by atoms with Gasteiger partial charge in [-0.15, -0.1) is 0 Å². The highest BCUT2D eigenvalue weighted by atomic mass is 19.4. The van der Waals surface area contributed by atoms with Gasteiger partial charge in [-0.05, 0) is 37.1 Å². The van der Waals surface area contributed by atoms with Crippen LogP contribution in [0, 0.1) is 5.41 Å². The molecule has 1 aliphatic carbocycles. The van der Waals surface area contributed by atoms with Gasteiger partial charge >= 0.3 is 12.4 Å². The number of nitrogens with two attached hydrogens (primary N) is 2. The van der Waals surface area contributed by atoms with Crippen LogP contribution in [0.1, 0.15) is 36.8 Å². The van der Waals surface area contributed by atoms with Crippen molar-refractivity contribution in [1.82, 2.24) is 4.98 Å². The van der Waals surface area contributed by atoms with Crippen LogP contribution in [-0.2, 0) is 17.1 Å². The number of anilines is 3. The second-order valence-corrected chi connectivity index (χ2v) is 8.62. The highest BCUT2D eigenvalue weighted by Gasteiger charge is 2.38. The van der Waals surface area contributed by atoms with E-state index in [0.717, 1.165) is 25.7 Å². The Balaban J connectivity index is 2.07. The minimum atomic E-state index is -4.97. The molecule has 0 bridgehead atoms. The fourth-order valence-electron chi connectivity index (χ4n) is 4.49. The molecule has 3 rings (SSSR count). The molecular formula is C22H26F6N4O. The lowest BCUT2D eigenvalue weighted by atomic mass is 9.86. The van der Waals surface area contributed by atoms with Crippen LogP contribution in [0.15, 0.2) is 24.3 Å². The first-order valence-corrected chi connectivity index (χ1v) is 10.3. The van der Waals surface area contributed by atoms with Crippen molar-refractivity contribution in [3.63, 3.8) is 0 Å². The molecular weight excluding hydrogens is 450 g/mol. The Morgan fingerprint density at radius 1 is 0.970 bits per heavy atom. The lowest BCUT2D eigenvalue weighted by molar-refractivity contribution is -0.143. The normalized spacial score (nSPS) is 16.2. The number of methoxy groups -OCH3 is 1. The highest BCUT2D eigenvalue weighted by Crippen LogP contribution is 2.42. The van der Waals surface area contributed by atoms with Gasteiger partial charge in [-0.2, -0.15) is 26.3 Å². The topological polar surface area (TPSA) is 77.4 Å². The molecule has 0 radical (unpaired) electrons. The van der Waals surface area contributed by atoms with Gasteiger partial charge in [0.15, 0.2) is 0 Å². The predicted molar refractivity (Wildman–Crippen MR) is 115 cm³/mol. The molecule has 1 saturated carbocycles. The Kier molecular flexibility index (Phi) is 6.74. The van der Waals surface area contributed by atoms with Crippen LogP contribution in [0.4, 0.5) is 43.5 Å². The van der Waals surface area contributed by atoms with Crippen LogP contribution in [-0.4, -0.2) is 32.3 Å². The molecule has 0 saturated heterocycles. The van der Waals surface area contributed by atoms with Crippen molar-refractivity contribution in [1.29, 1.82) is 0 Å². The smallest absolute Gasteiger partial charge is 0.394 e. The van der Waals surface area contributed by atoms with Gasteiger partial charge in [0.1, 0.15) is 5.82 Å². The largest absolute Gasteiger partial charge is 0.416 e. The number of aromatic nitrogens is 1. The van der Waals surface area contributed by atoms with Crippen LogP contribution >= 0.6 is 0 Å². The molecule has 0 amide bonds. The molecule has 1 aromatic heterocycles. The van der Waals surface area contributed by atoms with Crippen molar-refractivity contribution in [3.05, 3.63) is 35.4 Å². The van der Waals surface area contributed by atoms with Crippen molar-refractivity contribution in [3.8, 4) is 11.3 Å². The monoisotopic (exact) mass is 476 g/mol. The third-order valence-corrected chi connectivity index (χ3v) is 6.05. The minimum absolute atomic E-state index is 0.0752. The first-order chi connectivity index (χ1) is 15.3. The molecule has 0 aliphatic heterocycles. The van der Waals surface area contributed by atoms with E-state index < -0.39 is 23.5 Å². The number of nitrogens with zero attached hydrogens (tertiary/aromatic N) is 2. The van der Waals surface area contributed by atoms with E-state index in [1.165, 1.54) is 6.07 Å². The summed E-state index contributed by atoms with van der Waals surface area (Å²) in [5, 5.41) is 0. The summed E-state index contributed by atoms with van der Waals surface area (Å²) in [6.45, 7) is 1.05. The summed E-state index contributed by atoms with van der Waals surface area (Å²) < 4.78 is 85.1. The van der Waals surface area contributed by atoms with Crippen LogP contribution in [0.25, 0.3) is 11.3 Å². The van der Waals surface area contributed by atoms with Gasteiger partial charge in [0.2, 0.25) is 0 Å². The zero-order valence-electron chi connectivity index (χ0n) is 18.3. The molecule has 4 N–H and O–H groups in total. The fraction of sp³-hybridized carbons (Fsp3) is 0.500. The summed E-state index contributed by atoms with van der Waals surface area (Å²) in [5.74, 6) is -0.174. The number of ether oxygens (including phenoxy) is 1. The maximum atomic E-state index is 13.3. The van der Waals surface area contributed by atoms with E-state index in [0.29, 0.717) is 31.0 Å². The van der Waals surface area contributed by atoms with E-state index in [1.807, 2.05) is 0 Å². The van der Waals surface area contributed by atoms with E-state index >= 15 is 0 Å². The van der Waals surface area contributed by atoms with E-state index in [-0.39, 0.29) is 34.2 Å². The van der Waals surface area contributed by atoms with Gasteiger partial charge in [-0.3, -0.25) is 0 Å². The lowest BCUT2D eigenvalue weighted by Gasteiger charge is -2.34. The molecule has 1 aromatic carbocycles. The Labute approximate surface area is 187 Å². The van der Waals surface area contributed by atoms with E-state index in [2.05, 4.69) is 4.98 Å².